The molecule has 0 spiro atoms. The predicted octanol–water partition coefficient (Wildman–Crippen LogP) is 0.964. The summed E-state index contributed by atoms with van der Waals surface area (Å²) in [6, 6.07) is 0. The van der Waals surface area contributed by atoms with Gasteiger partial charge < -0.3 is 10.5 Å². The third-order valence-corrected chi connectivity index (χ3v) is 1.91. The zero-order valence-corrected chi connectivity index (χ0v) is 5.65. The lowest BCUT2D eigenvalue weighted by Gasteiger charge is -2.10. The SMILES string of the molecule is NCC1(COC(F)F)CC1. The highest BCUT2D eigenvalue weighted by Crippen LogP contribution is 2.44. The molecule has 0 heterocycles. The first-order chi connectivity index (χ1) is 4.68. The van der Waals surface area contributed by atoms with Gasteiger partial charge in [0, 0.05) is 12.0 Å². The second kappa shape index (κ2) is 2.80. The molecule has 0 unspecified atom stereocenters. The summed E-state index contributed by atoms with van der Waals surface area (Å²) in [5, 5.41) is 0. The van der Waals surface area contributed by atoms with Gasteiger partial charge in [0.15, 0.2) is 0 Å². The lowest BCUT2D eigenvalue weighted by atomic mass is 10.1. The van der Waals surface area contributed by atoms with Crippen molar-refractivity contribution in [2.45, 2.75) is 19.5 Å². The van der Waals surface area contributed by atoms with E-state index in [0.717, 1.165) is 12.8 Å². The second-order valence-corrected chi connectivity index (χ2v) is 2.78. The first kappa shape index (κ1) is 7.88. The first-order valence-electron chi connectivity index (χ1n) is 3.28. The number of hydrogen-bond acceptors (Lipinski definition) is 2. The van der Waals surface area contributed by atoms with Gasteiger partial charge in [-0.25, -0.2) is 0 Å². The average molecular weight is 151 g/mol. The standard InChI is InChI=1S/C6H11F2NO/c7-5(8)10-4-6(3-9)1-2-6/h5H,1-4,9H2. The summed E-state index contributed by atoms with van der Waals surface area (Å²) < 4.78 is 27.1. The lowest BCUT2D eigenvalue weighted by Crippen LogP contribution is -2.22. The molecule has 2 N–H and O–H groups in total. The van der Waals surface area contributed by atoms with Crippen LogP contribution in [0, 0.1) is 5.41 Å². The molecule has 60 valence electrons. The molecule has 0 aromatic rings. The van der Waals surface area contributed by atoms with Gasteiger partial charge in [0.25, 0.3) is 0 Å². The van der Waals surface area contributed by atoms with Crippen molar-refractivity contribution < 1.29 is 13.5 Å². The van der Waals surface area contributed by atoms with Crippen LogP contribution in [0.3, 0.4) is 0 Å². The van der Waals surface area contributed by atoms with Crippen LogP contribution in [0.1, 0.15) is 12.8 Å². The molecule has 0 bridgehead atoms. The third kappa shape index (κ3) is 1.88. The van der Waals surface area contributed by atoms with E-state index < -0.39 is 6.61 Å². The second-order valence-electron chi connectivity index (χ2n) is 2.78. The van der Waals surface area contributed by atoms with Gasteiger partial charge in [0.05, 0.1) is 6.61 Å². The minimum atomic E-state index is -2.65. The Morgan fingerprint density at radius 1 is 1.50 bits per heavy atom. The fourth-order valence-corrected chi connectivity index (χ4v) is 0.824. The van der Waals surface area contributed by atoms with Crippen LogP contribution in [0.5, 0.6) is 0 Å². The molecule has 1 rings (SSSR count). The normalized spacial score (nSPS) is 21.6. The van der Waals surface area contributed by atoms with Crippen LogP contribution in [-0.4, -0.2) is 19.8 Å². The maximum Gasteiger partial charge on any atom is 0.345 e. The maximum absolute atomic E-state index is 11.5. The predicted molar refractivity (Wildman–Crippen MR) is 32.7 cm³/mol. The van der Waals surface area contributed by atoms with Gasteiger partial charge in [0.1, 0.15) is 0 Å². The summed E-state index contributed by atoms with van der Waals surface area (Å²) in [4.78, 5) is 0. The van der Waals surface area contributed by atoms with Crippen LogP contribution in [0.15, 0.2) is 0 Å². The Bertz CT molecular complexity index is 114. The van der Waals surface area contributed by atoms with Gasteiger partial charge in [-0.1, -0.05) is 0 Å². The molecular weight excluding hydrogens is 140 g/mol. The minimum absolute atomic E-state index is 0.101. The Hall–Kier alpha value is -0.220. The van der Waals surface area contributed by atoms with E-state index in [-0.39, 0.29) is 12.0 Å². The van der Waals surface area contributed by atoms with Crippen molar-refractivity contribution in [1.82, 2.24) is 0 Å². The quantitative estimate of drug-likeness (QED) is 0.649. The Balaban J connectivity index is 2.13. The van der Waals surface area contributed by atoms with Crippen molar-refractivity contribution in [1.29, 1.82) is 0 Å². The maximum atomic E-state index is 11.5. The number of hydrogen-bond donors (Lipinski definition) is 1. The largest absolute Gasteiger partial charge is 0.345 e. The molecule has 4 heteroatoms. The van der Waals surface area contributed by atoms with E-state index >= 15 is 0 Å². The Morgan fingerprint density at radius 2 is 2.10 bits per heavy atom. The molecule has 0 aromatic carbocycles. The minimum Gasteiger partial charge on any atom is -0.330 e. The van der Waals surface area contributed by atoms with E-state index in [4.69, 9.17) is 5.73 Å². The monoisotopic (exact) mass is 151 g/mol. The molecule has 0 atom stereocenters. The number of alkyl halides is 2. The smallest absolute Gasteiger partial charge is 0.330 e. The van der Waals surface area contributed by atoms with Crippen molar-refractivity contribution in [3.05, 3.63) is 0 Å². The van der Waals surface area contributed by atoms with Crippen molar-refractivity contribution in [3.63, 3.8) is 0 Å². The van der Waals surface area contributed by atoms with Crippen molar-refractivity contribution in [2.75, 3.05) is 13.2 Å². The molecule has 10 heavy (non-hydrogen) atoms. The van der Waals surface area contributed by atoms with Gasteiger partial charge in [-0.05, 0) is 12.8 Å². The molecule has 1 aliphatic carbocycles. The highest BCUT2D eigenvalue weighted by atomic mass is 19.3. The summed E-state index contributed by atoms with van der Waals surface area (Å²) >= 11 is 0. The van der Waals surface area contributed by atoms with E-state index in [1.54, 1.807) is 0 Å². The molecule has 0 aliphatic heterocycles. The van der Waals surface area contributed by atoms with E-state index in [1.807, 2.05) is 0 Å². The Labute approximate surface area is 58.3 Å². The van der Waals surface area contributed by atoms with E-state index in [9.17, 15) is 8.78 Å². The van der Waals surface area contributed by atoms with Crippen molar-refractivity contribution in [3.8, 4) is 0 Å². The van der Waals surface area contributed by atoms with Crippen LogP contribution in [0.25, 0.3) is 0 Å². The van der Waals surface area contributed by atoms with Gasteiger partial charge in [0.2, 0.25) is 0 Å². The van der Waals surface area contributed by atoms with E-state index in [0.29, 0.717) is 6.54 Å². The fraction of sp³-hybridized carbons (Fsp3) is 1.00. The van der Waals surface area contributed by atoms with E-state index in [1.165, 1.54) is 0 Å². The summed E-state index contributed by atoms with van der Waals surface area (Å²) in [5.74, 6) is 0. The van der Waals surface area contributed by atoms with Gasteiger partial charge in [-0.15, -0.1) is 0 Å². The molecule has 1 aliphatic rings. The lowest BCUT2D eigenvalue weighted by molar-refractivity contribution is -0.140. The Morgan fingerprint density at radius 3 is 2.40 bits per heavy atom. The van der Waals surface area contributed by atoms with Crippen LogP contribution in [-0.2, 0) is 4.74 Å². The van der Waals surface area contributed by atoms with Crippen LogP contribution < -0.4 is 5.73 Å². The summed E-state index contributed by atoms with van der Waals surface area (Å²) in [7, 11) is 0. The van der Waals surface area contributed by atoms with Crippen LogP contribution >= 0.6 is 0 Å². The van der Waals surface area contributed by atoms with Crippen LogP contribution in [0.2, 0.25) is 0 Å². The molecule has 0 amide bonds. The fourth-order valence-electron chi connectivity index (χ4n) is 0.824. The highest BCUT2D eigenvalue weighted by molar-refractivity contribution is 4.93. The Kier molecular flexibility index (Phi) is 2.21. The van der Waals surface area contributed by atoms with Crippen molar-refractivity contribution in [2.24, 2.45) is 11.1 Å². The molecule has 0 aromatic heterocycles. The van der Waals surface area contributed by atoms with Crippen LogP contribution in [0.4, 0.5) is 8.78 Å². The number of ether oxygens (including phenoxy) is 1. The summed E-state index contributed by atoms with van der Waals surface area (Å²) in [5.41, 5.74) is 5.23. The summed E-state index contributed by atoms with van der Waals surface area (Å²) in [6.45, 7) is -2.08. The molecule has 1 fully saturated rings. The zero-order valence-electron chi connectivity index (χ0n) is 5.65. The molecule has 0 radical (unpaired) electrons. The molecule has 0 saturated heterocycles. The van der Waals surface area contributed by atoms with Gasteiger partial charge in [-0.2, -0.15) is 8.78 Å². The summed E-state index contributed by atoms with van der Waals surface area (Å²) in [6.07, 6.45) is 1.85. The third-order valence-electron chi connectivity index (χ3n) is 1.91. The average Bonchev–Trinajstić information content (AvgIpc) is 2.64. The first-order valence-corrected chi connectivity index (χ1v) is 3.28. The van der Waals surface area contributed by atoms with Gasteiger partial charge >= 0.3 is 6.61 Å². The van der Waals surface area contributed by atoms with Crippen molar-refractivity contribution >= 4 is 0 Å². The highest BCUT2D eigenvalue weighted by Gasteiger charge is 2.42. The van der Waals surface area contributed by atoms with Gasteiger partial charge in [-0.3, -0.25) is 0 Å². The number of rotatable bonds is 4. The topological polar surface area (TPSA) is 35.2 Å². The van der Waals surface area contributed by atoms with E-state index in [2.05, 4.69) is 4.74 Å². The molecule has 2 nitrogen and oxygen atoms in total. The number of halogens is 2. The number of nitrogens with two attached hydrogens (primary N) is 1. The molecule has 1 saturated carbocycles. The molecular formula is C6H11F2NO. The zero-order chi connectivity index (χ0) is 7.61.